The van der Waals surface area contributed by atoms with Crippen LogP contribution in [0.1, 0.15) is 12.8 Å². The Hall–Kier alpha value is -0.560. The van der Waals surface area contributed by atoms with Gasteiger partial charge in [-0.1, -0.05) is 0 Å². The molecule has 2 rings (SSSR count). The summed E-state index contributed by atoms with van der Waals surface area (Å²) < 4.78 is 11.2. The molecule has 36 heavy (non-hydrogen) atoms. The fourth-order valence-corrected chi connectivity index (χ4v) is 4.82. The first-order valence-corrected chi connectivity index (χ1v) is 12.5. The molecule has 2 fully saturated rings. The van der Waals surface area contributed by atoms with E-state index < -0.39 is 73.0 Å². The molecule has 0 aliphatic heterocycles. The first-order chi connectivity index (χ1) is 16.8. The zero-order chi connectivity index (χ0) is 27.2. The van der Waals surface area contributed by atoms with Gasteiger partial charge in [0.05, 0.1) is 37.6 Å². The summed E-state index contributed by atoms with van der Waals surface area (Å²) in [6.45, 7) is 1.70. The lowest BCUT2D eigenvalue weighted by Gasteiger charge is -2.40. The number of nitrogens with two attached hydrogens (primary N) is 4. The van der Waals surface area contributed by atoms with Crippen LogP contribution in [0.15, 0.2) is 0 Å². The summed E-state index contributed by atoms with van der Waals surface area (Å²) in [6.07, 6.45) is -7.33. The molecular weight excluding hydrogens is 476 g/mol. The zero-order valence-electron chi connectivity index (χ0n) is 21.3. The van der Waals surface area contributed by atoms with Crippen molar-refractivity contribution in [2.24, 2.45) is 22.9 Å². The first-order valence-electron chi connectivity index (χ1n) is 12.5. The molecule has 0 spiro atoms. The second-order valence-corrected chi connectivity index (χ2v) is 10.5. The van der Waals surface area contributed by atoms with Crippen LogP contribution in [0.4, 0.5) is 0 Å². The van der Waals surface area contributed by atoms with Crippen molar-refractivity contribution < 1.29 is 40.1 Å². The Labute approximate surface area is 212 Å². The Kier molecular flexibility index (Phi) is 12.8. The molecule has 0 bridgehead atoms. The summed E-state index contributed by atoms with van der Waals surface area (Å²) in [5.41, 5.74) is 23.5. The summed E-state index contributed by atoms with van der Waals surface area (Å²) in [5.74, 6) is 0. The van der Waals surface area contributed by atoms with Crippen molar-refractivity contribution in [3.63, 3.8) is 0 Å². The summed E-state index contributed by atoms with van der Waals surface area (Å²) >= 11 is 0. The van der Waals surface area contributed by atoms with Gasteiger partial charge in [0, 0.05) is 50.3 Å². The summed E-state index contributed by atoms with van der Waals surface area (Å²) in [5, 5.41) is 60.8. The molecule has 2 aliphatic carbocycles. The third-order valence-electron chi connectivity index (χ3n) is 7.05. The van der Waals surface area contributed by atoms with Gasteiger partial charge in [0.25, 0.3) is 0 Å². The van der Waals surface area contributed by atoms with E-state index in [-0.39, 0.29) is 13.2 Å². The van der Waals surface area contributed by atoms with Crippen LogP contribution in [-0.4, -0.2) is 167 Å². The fourth-order valence-electron chi connectivity index (χ4n) is 4.82. The molecule has 0 saturated heterocycles. The fraction of sp³-hybridized carbons (Fsp3) is 1.00. The van der Waals surface area contributed by atoms with E-state index in [0.29, 0.717) is 39.0 Å². The summed E-state index contributed by atoms with van der Waals surface area (Å²) in [4.78, 5) is 3.80. The largest absolute Gasteiger partial charge is 0.389 e. The third kappa shape index (κ3) is 9.03. The van der Waals surface area contributed by atoms with Crippen molar-refractivity contribution in [3.05, 3.63) is 0 Å². The Bertz CT molecular complexity index is 589. The van der Waals surface area contributed by atoms with Crippen LogP contribution in [-0.2, 0) is 9.47 Å². The Morgan fingerprint density at radius 3 is 1.31 bits per heavy atom. The van der Waals surface area contributed by atoms with Crippen LogP contribution in [0.2, 0.25) is 0 Å². The van der Waals surface area contributed by atoms with Crippen LogP contribution in [0.5, 0.6) is 0 Å². The molecule has 214 valence electrons. The van der Waals surface area contributed by atoms with Crippen LogP contribution < -0.4 is 22.9 Å². The number of hydrogen-bond donors (Lipinski definition) is 10. The quantitative estimate of drug-likeness (QED) is 0.108. The molecule has 12 atom stereocenters. The number of aliphatic hydroxyl groups is 6. The number of ether oxygens (including phenoxy) is 2. The highest BCUT2D eigenvalue weighted by Gasteiger charge is 2.42. The molecule has 0 aromatic heterocycles. The predicted octanol–water partition coefficient (Wildman–Crippen LogP) is -6.10. The molecule has 14 heteroatoms. The van der Waals surface area contributed by atoms with Crippen molar-refractivity contribution >= 4 is 0 Å². The van der Waals surface area contributed by atoms with Gasteiger partial charge >= 0.3 is 0 Å². The van der Waals surface area contributed by atoms with Gasteiger partial charge in [-0.05, 0) is 26.9 Å². The third-order valence-corrected chi connectivity index (χ3v) is 7.05. The van der Waals surface area contributed by atoms with Crippen molar-refractivity contribution in [1.29, 1.82) is 0 Å². The Balaban J connectivity index is 1.64. The molecule has 2 unspecified atom stereocenters. The van der Waals surface area contributed by atoms with Gasteiger partial charge in [-0.2, -0.15) is 0 Å². The summed E-state index contributed by atoms with van der Waals surface area (Å²) in [6, 6.07) is -2.30. The molecule has 0 amide bonds. The topological polar surface area (TPSA) is 250 Å². The maximum atomic E-state index is 10.3. The van der Waals surface area contributed by atoms with Gasteiger partial charge in [0.15, 0.2) is 0 Å². The van der Waals surface area contributed by atoms with Crippen molar-refractivity contribution in [2.75, 3.05) is 53.5 Å². The van der Waals surface area contributed by atoms with Gasteiger partial charge in [-0.3, -0.25) is 0 Å². The number of aliphatic hydroxyl groups excluding tert-OH is 6. The van der Waals surface area contributed by atoms with E-state index in [0.717, 1.165) is 0 Å². The normalized spacial score (nSPS) is 39.5. The average Bonchev–Trinajstić information content (AvgIpc) is 2.79. The smallest absolute Gasteiger partial charge is 0.109 e. The SMILES string of the molecule is CN(CCN(C)CC(O)CO[C@H]1[C@H](O)[C@@H](O)[C@H](N)C[C@@H]1N)CC(O)CO[C@H]1[C@H](O)[C@@H](O)[C@H](N)C[C@@H]1N. The molecule has 0 aromatic rings. The Morgan fingerprint density at radius 1 is 0.639 bits per heavy atom. The van der Waals surface area contributed by atoms with E-state index in [1.807, 2.05) is 23.9 Å². The van der Waals surface area contributed by atoms with E-state index in [1.165, 1.54) is 0 Å². The van der Waals surface area contributed by atoms with E-state index >= 15 is 0 Å². The molecule has 0 heterocycles. The predicted molar refractivity (Wildman–Crippen MR) is 132 cm³/mol. The highest BCUT2D eigenvalue weighted by molar-refractivity contribution is 4.98. The molecule has 2 saturated carbocycles. The van der Waals surface area contributed by atoms with Gasteiger partial charge in [0.1, 0.15) is 24.4 Å². The van der Waals surface area contributed by atoms with Crippen LogP contribution in [0.25, 0.3) is 0 Å². The van der Waals surface area contributed by atoms with E-state index in [2.05, 4.69) is 0 Å². The lowest BCUT2D eigenvalue weighted by atomic mass is 9.85. The van der Waals surface area contributed by atoms with Gasteiger partial charge < -0.3 is 72.8 Å². The minimum atomic E-state index is -1.21. The number of likely N-dealkylation sites (N-methyl/N-ethyl adjacent to an activating group) is 2. The number of nitrogens with zero attached hydrogens (tertiary/aromatic N) is 2. The molecule has 0 radical (unpaired) electrons. The minimum Gasteiger partial charge on any atom is -0.389 e. The van der Waals surface area contributed by atoms with Crippen molar-refractivity contribution in [3.8, 4) is 0 Å². The number of hydrogen-bond acceptors (Lipinski definition) is 14. The van der Waals surface area contributed by atoms with Crippen LogP contribution in [0.3, 0.4) is 0 Å². The molecule has 14 N–H and O–H groups in total. The average molecular weight is 525 g/mol. The maximum Gasteiger partial charge on any atom is 0.109 e. The standard InChI is InChI=1S/C22H48N6O8/c1-27(7-11(29)9-35-21-15(25)5-13(23)17(31)19(21)33)3-4-28(2)8-12(30)10-36-22-16(26)6-14(24)18(32)20(22)34/h11-22,29-34H,3-10,23-26H2,1-2H3/t11?,12?,13-,14-,15+,16+,17+,18+,19-,20-,21-,22-/m1/s1. The number of rotatable bonds is 13. The molecule has 14 nitrogen and oxygen atoms in total. The van der Waals surface area contributed by atoms with Crippen LogP contribution >= 0.6 is 0 Å². The van der Waals surface area contributed by atoms with Crippen molar-refractivity contribution in [2.45, 2.75) is 85.8 Å². The molecule has 2 aliphatic rings. The monoisotopic (exact) mass is 524 g/mol. The second-order valence-electron chi connectivity index (χ2n) is 10.5. The highest BCUT2D eigenvalue weighted by Crippen LogP contribution is 2.22. The zero-order valence-corrected chi connectivity index (χ0v) is 21.3. The second kappa shape index (κ2) is 14.6. The lowest BCUT2D eigenvalue weighted by Crippen LogP contribution is -2.62. The lowest BCUT2D eigenvalue weighted by molar-refractivity contribution is -0.140. The molecular formula is C22H48N6O8. The highest BCUT2D eigenvalue weighted by atomic mass is 16.5. The first kappa shape index (κ1) is 31.7. The Morgan fingerprint density at radius 2 is 0.972 bits per heavy atom. The van der Waals surface area contributed by atoms with Crippen molar-refractivity contribution in [1.82, 2.24) is 9.80 Å². The van der Waals surface area contributed by atoms with Gasteiger partial charge in [-0.15, -0.1) is 0 Å². The van der Waals surface area contributed by atoms with E-state index in [1.54, 1.807) is 0 Å². The van der Waals surface area contributed by atoms with Gasteiger partial charge in [0.2, 0.25) is 0 Å². The minimum absolute atomic E-state index is 0.0532. The maximum absolute atomic E-state index is 10.3. The van der Waals surface area contributed by atoms with Gasteiger partial charge in [-0.25, -0.2) is 0 Å². The van der Waals surface area contributed by atoms with E-state index in [9.17, 15) is 30.6 Å². The van der Waals surface area contributed by atoms with Crippen LogP contribution in [0, 0.1) is 0 Å². The van der Waals surface area contributed by atoms with E-state index in [4.69, 9.17) is 32.4 Å². The molecule has 0 aromatic carbocycles. The summed E-state index contributed by atoms with van der Waals surface area (Å²) in [7, 11) is 3.67.